The Balaban J connectivity index is 2.07. The van der Waals surface area contributed by atoms with Crippen molar-refractivity contribution in [1.29, 1.82) is 0 Å². The molecule has 18 heavy (non-hydrogen) atoms. The van der Waals surface area contributed by atoms with E-state index in [-0.39, 0.29) is 11.6 Å². The van der Waals surface area contributed by atoms with Crippen LogP contribution in [0.1, 0.15) is 18.4 Å². The average molecular weight is 249 g/mol. The van der Waals surface area contributed by atoms with Crippen molar-refractivity contribution in [2.45, 2.75) is 24.9 Å². The molecule has 0 unspecified atom stereocenters. The Morgan fingerprint density at radius 1 is 1.56 bits per heavy atom. The summed E-state index contributed by atoms with van der Waals surface area (Å²) in [5.74, 6) is -0.103. The van der Waals surface area contributed by atoms with Crippen molar-refractivity contribution in [3.05, 3.63) is 39.9 Å². The maximum atomic E-state index is 11.9. The first-order valence-electron chi connectivity index (χ1n) is 5.70. The number of non-ortho nitro benzene ring substituents is 1. The van der Waals surface area contributed by atoms with Crippen molar-refractivity contribution in [3.8, 4) is 0 Å². The van der Waals surface area contributed by atoms with Crippen LogP contribution in [0.25, 0.3) is 0 Å². The lowest BCUT2D eigenvalue weighted by Crippen LogP contribution is -2.43. The minimum absolute atomic E-state index is 0.0298. The van der Waals surface area contributed by atoms with E-state index >= 15 is 0 Å². The summed E-state index contributed by atoms with van der Waals surface area (Å²) in [5.41, 5.74) is 5.88. The van der Waals surface area contributed by atoms with E-state index in [4.69, 9.17) is 5.73 Å². The van der Waals surface area contributed by atoms with E-state index in [9.17, 15) is 14.9 Å². The van der Waals surface area contributed by atoms with Gasteiger partial charge in [-0.25, -0.2) is 0 Å². The van der Waals surface area contributed by atoms with Gasteiger partial charge >= 0.3 is 0 Å². The van der Waals surface area contributed by atoms with Crippen LogP contribution < -0.4 is 5.73 Å². The van der Waals surface area contributed by atoms with E-state index in [2.05, 4.69) is 0 Å². The third-order valence-electron chi connectivity index (χ3n) is 3.10. The summed E-state index contributed by atoms with van der Waals surface area (Å²) in [4.78, 5) is 23.6. The highest BCUT2D eigenvalue weighted by molar-refractivity contribution is 5.88. The van der Waals surface area contributed by atoms with Gasteiger partial charge in [0.2, 0.25) is 5.91 Å². The van der Waals surface area contributed by atoms with Crippen LogP contribution in [0.4, 0.5) is 5.69 Å². The Morgan fingerprint density at radius 2 is 2.22 bits per heavy atom. The lowest BCUT2D eigenvalue weighted by molar-refractivity contribution is -0.384. The molecule has 0 aliphatic heterocycles. The van der Waals surface area contributed by atoms with Gasteiger partial charge in [-0.15, -0.1) is 0 Å². The molecule has 1 aromatic rings. The minimum atomic E-state index is -0.699. The predicted octanol–water partition coefficient (Wildman–Crippen LogP) is 1.04. The Morgan fingerprint density at radius 3 is 2.78 bits per heavy atom. The van der Waals surface area contributed by atoms with Crippen LogP contribution in [0.3, 0.4) is 0 Å². The first kappa shape index (κ1) is 12.5. The van der Waals surface area contributed by atoms with Gasteiger partial charge in [-0.2, -0.15) is 0 Å². The number of amides is 1. The molecule has 0 radical (unpaired) electrons. The first-order chi connectivity index (χ1) is 8.42. The highest BCUT2D eigenvalue weighted by Crippen LogP contribution is 2.34. The molecule has 1 aromatic carbocycles. The Hall–Kier alpha value is -1.95. The number of hydrogen-bond acceptors (Lipinski definition) is 4. The van der Waals surface area contributed by atoms with Crippen LogP contribution >= 0.6 is 0 Å². The zero-order valence-corrected chi connectivity index (χ0v) is 10.1. The smallest absolute Gasteiger partial charge is 0.269 e. The molecule has 0 heterocycles. The molecule has 0 bridgehead atoms. The van der Waals surface area contributed by atoms with E-state index in [1.807, 2.05) is 0 Å². The van der Waals surface area contributed by atoms with E-state index in [0.29, 0.717) is 19.4 Å². The molecule has 2 rings (SSSR count). The third kappa shape index (κ3) is 2.48. The van der Waals surface area contributed by atoms with Crippen molar-refractivity contribution in [2.75, 3.05) is 7.05 Å². The van der Waals surface area contributed by atoms with Gasteiger partial charge in [-0.3, -0.25) is 14.9 Å². The number of carbonyl (C=O) groups is 1. The first-order valence-corrected chi connectivity index (χ1v) is 5.70. The molecule has 1 saturated carbocycles. The van der Waals surface area contributed by atoms with Crippen LogP contribution in [0.15, 0.2) is 24.3 Å². The van der Waals surface area contributed by atoms with Gasteiger partial charge in [0.25, 0.3) is 5.69 Å². The normalized spacial score (nSPS) is 16.1. The van der Waals surface area contributed by atoms with E-state index in [1.165, 1.54) is 17.0 Å². The predicted molar refractivity (Wildman–Crippen MR) is 65.7 cm³/mol. The third-order valence-corrected chi connectivity index (χ3v) is 3.10. The number of likely N-dealkylation sites (N-methyl/N-ethyl adjacent to an activating group) is 1. The summed E-state index contributed by atoms with van der Waals surface area (Å²) in [6, 6.07) is 6.27. The van der Waals surface area contributed by atoms with Crippen LogP contribution in [0.5, 0.6) is 0 Å². The number of nitro benzene ring substituents is 1. The van der Waals surface area contributed by atoms with Gasteiger partial charge in [0.15, 0.2) is 0 Å². The number of nitrogens with zero attached hydrogens (tertiary/aromatic N) is 2. The zero-order chi connectivity index (χ0) is 13.3. The fourth-order valence-corrected chi connectivity index (χ4v) is 1.84. The second-order valence-corrected chi connectivity index (χ2v) is 4.74. The Bertz CT molecular complexity index is 497. The molecular weight excluding hydrogens is 234 g/mol. The summed E-state index contributed by atoms with van der Waals surface area (Å²) >= 11 is 0. The number of carbonyl (C=O) groups excluding carboxylic acids is 1. The van der Waals surface area contributed by atoms with E-state index < -0.39 is 10.5 Å². The van der Waals surface area contributed by atoms with Crippen LogP contribution in [0.2, 0.25) is 0 Å². The lowest BCUT2D eigenvalue weighted by Gasteiger charge is -2.20. The van der Waals surface area contributed by atoms with E-state index in [0.717, 1.165) is 5.56 Å². The minimum Gasteiger partial charge on any atom is -0.340 e. The van der Waals surface area contributed by atoms with Gasteiger partial charge in [0.1, 0.15) is 0 Å². The second kappa shape index (κ2) is 4.38. The second-order valence-electron chi connectivity index (χ2n) is 4.74. The van der Waals surface area contributed by atoms with Crippen LogP contribution in [-0.2, 0) is 11.3 Å². The van der Waals surface area contributed by atoms with Gasteiger partial charge in [0, 0.05) is 25.7 Å². The number of rotatable bonds is 4. The number of hydrogen-bond donors (Lipinski definition) is 1. The molecule has 0 aromatic heterocycles. The highest BCUT2D eigenvalue weighted by Gasteiger charge is 2.47. The molecule has 96 valence electrons. The zero-order valence-electron chi connectivity index (χ0n) is 10.1. The summed E-state index contributed by atoms with van der Waals surface area (Å²) < 4.78 is 0. The summed E-state index contributed by atoms with van der Waals surface area (Å²) in [6.07, 6.45) is 1.43. The molecule has 0 saturated heterocycles. The lowest BCUT2D eigenvalue weighted by atomic mass is 10.1. The average Bonchev–Trinajstić information content (AvgIpc) is 3.08. The van der Waals surface area contributed by atoms with Gasteiger partial charge in [-0.1, -0.05) is 12.1 Å². The molecule has 0 atom stereocenters. The van der Waals surface area contributed by atoms with Crippen molar-refractivity contribution in [2.24, 2.45) is 5.73 Å². The quantitative estimate of drug-likeness (QED) is 0.637. The Kier molecular flexibility index (Phi) is 3.04. The van der Waals surface area contributed by atoms with Gasteiger partial charge in [0.05, 0.1) is 10.5 Å². The van der Waals surface area contributed by atoms with Gasteiger partial charge in [-0.05, 0) is 18.4 Å². The summed E-state index contributed by atoms with van der Waals surface area (Å²) in [5, 5.41) is 10.6. The van der Waals surface area contributed by atoms with Crippen molar-refractivity contribution < 1.29 is 9.72 Å². The van der Waals surface area contributed by atoms with Crippen LogP contribution in [-0.4, -0.2) is 28.3 Å². The fraction of sp³-hybridized carbons (Fsp3) is 0.417. The largest absolute Gasteiger partial charge is 0.340 e. The van der Waals surface area contributed by atoms with Crippen LogP contribution in [0, 0.1) is 10.1 Å². The summed E-state index contributed by atoms with van der Waals surface area (Å²) in [6.45, 7) is 0.333. The number of nitrogens with two attached hydrogens (primary N) is 1. The van der Waals surface area contributed by atoms with Crippen molar-refractivity contribution in [1.82, 2.24) is 4.90 Å². The van der Waals surface area contributed by atoms with E-state index in [1.54, 1.807) is 19.2 Å². The molecular formula is C12H15N3O3. The maximum absolute atomic E-state index is 11.9. The van der Waals surface area contributed by atoms with Crippen molar-refractivity contribution >= 4 is 11.6 Å². The summed E-state index contributed by atoms with van der Waals surface area (Å²) in [7, 11) is 1.66. The molecule has 1 amide bonds. The number of benzene rings is 1. The molecule has 1 fully saturated rings. The standard InChI is InChI=1S/C12H15N3O3/c1-14(11(16)12(13)5-6-12)8-9-3-2-4-10(7-9)15(17)18/h2-4,7H,5-6,8,13H2,1H3. The topological polar surface area (TPSA) is 89.5 Å². The maximum Gasteiger partial charge on any atom is 0.269 e. The molecule has 0 spiro atoms. The molecule has 1 aliphatic carbocycles. The fourth-order valence-electron chi connectivity index (χ4n) is 1.84. The van der Waals surface area contributed by atoms with Gasteiger partial charge < -0.3 is 10.6 Å². The SMILES string of the molecule is CN(Cc1cccc([N+](=O)[O-])c1)C(=O)C1(N)CC1. The molecule has 2 N–H and O–H groups in total. The van der Waals surface area contributed by atoms with Crippen molar-refractivity contribution in [3.63, 3.8) is 0 Å². The monoisotopic (exact) mass is 249 g/mol. The molecule has 6 heteroatoms. The highest BCUT2D eigenvalue weighted by atomic mass is 16.6. The number of nitro groups is 1. The molecule has 6 nitrogen and oxygen atoms in total. The Labute approximate surface area is 105 Å². The molecule has 1 aliphatic rings.